The number of ether oxygens (including phenoxy) is 3. The van der Waals surface area contributed by atoms with Gasteiger partial charge in [-0.25, -0.2) is 20.0 Å². The molecule has 0 atom stereocenters. The van der Waals surface area contributed by atoms with Gasteiger partial charge in [0.15, 0.2) is 11.7 Å². The Bertz CT molecular complexity index is 2530. The van der Waals surface area contributed by atoms with Crippen molar-refractivity contribution in [1.82, 2.24) is 9.97 Å². The highest BCUT2D eigenvalue weighted by Gasteiger charge is 2.24. The van der Waals surface area contributed by atoms with Crippen LogP contribution in [0.2, 0.25) is 39.3 Å². The van der Waals surface area contributed by atoms with Gasteiger partial charge >= 0.3 is 0 Å². The molecule has 0 saturated carbocycles. The van der Waals surface area contributed by atoms with Crippen LogP contribution in [0.3, 0.4) is 0 Å². The number of aliphatic imine (C=N–C) groups is 2. The van der Waals surface area contributed by atoms with Crippen LogP contribution in [0.4, 0.5) is 11.6 Å². The Kier molecular flexibility index (Phi) is 12.5. The van der Waals surface area contributed by atoms with Gasteiger partial charge in [-0.2, -0.15) is 0 Å². The Labute approximate surface area is 349 Å². The summed E-state index contributed by atoms with van der Waals surface area (Å²) < 4.78 is 18.9. The van der Waals surface area contributed by atoms with Crippen LogP contribution in [0.15, 0.2) is 144 Å². The lowest BCUT2D eigenvalue weighted by Gasteiger charge is -2.14. The molecule has 0 bridgehead atoms. The fourth-order valence-corrected chi connectivity index (χ4v) is 6.80. The molecule has 0 aliphatic carbocycles. The molecule has 294 valence electrons. The molecular weight excluding hydrogens is 763 g/mol. The van der Waals surface area contributed by atoms with Gasteiger partial charge in [-0.3, -0.25) is 0 Å². The highest BCUT2D eigenvalue weighted by Crippen LogP contribution is 2.30. The molecule has 8 nitrogen and oxygen atoms in total. The van der Waals surface area contributed by atoms with Gasteiger partial charge in [0.2, 0.25) is 0 Å². The first-order chi connectivity index (χ1) is 28.4. The Morgan fingerprint density at radius 1 is 0.542 bits per heavy atom. The van der Waals surface area contributed by atoms with Crippen molar-refractivity contribution in [2.45, 2.75) is 59.1 Å². The lowest BCUT2D eigenvalue weighted by atomic mass is 10.1. The molecule has 0 radical (unpaired) electrons. The quantitative estimate of drug-likeness (QED) is 0.104. The van der Waals surface area contributed by atoms with Crippen molar-refractivity contribution in [3.8, 4) is 40.2 Å². The fraction of sp³-hybridized carbons (Fsp3) is 0.184. The maximum absolute atomic E-state index is 6.45. The maximum atomic E-state index is 6.45. The average Bonchev–Trinajstić information content (AvgIpc) is 3.56. The molecule has 1 N–H and O–H groups in total. The number of nitrogens with zero attached hydrogens (tertiary/aromatic N) is 4. The molecule has 0 unspecified atom stereocenters. The van der Waals surface area contributed by atoms with E-state index in [1.807, 2.05) is 121 Å². The third-order valence-corrected chi connectivity index (χ3v) is 10.4. The summed E-state index contributed by atoms with van der Waals surface area (Å²) in [5, 5.41) is 3.40. The first-order valence-electron chi connectivity index (χ1n) is 19.6. The smallest absolute Gasteiger partial charge is 0.164 e. The second-order valence-electron chi connectivity index (χ2n) is 16.2. The molecule has 3 heterocycles. The minimum absolute atomic E-state index is 0.278. The molecule has 10 heteroatoms. The van der Waals surface area contributed by atoms with Gasteiger partial charge in [0, 0.05) is 40.7 Å². The summed E-state index contributed by atoms with van der Waals surface area (Å²) in [6.07, 6.45) is 3.55. The predicted molar refractivity (Wildman–Crippen MR) is 244 cm³/mol. The van der Waals surface area contributed by atoms with Crippen molar-refractivity contribution in [3.05, 3.63) is 173 Å². The van der Waals surface area contributed by atoms with Gasteiger partial charge in [-0.15, -0.1) is 11.1 Å². The monoisotopic (exact) mass is 809 g/mol. The Morgan fingerprint density at radius 3 is 1.64 bits per heavy atom. The Morgan fingerprint density at radius 2 is 1.10 bits per heavy atom. The molecule has 6 aromatic rings. The number of pyridine rings is 2. The SMILES string of the molecule is C[Si](C)(C)C#Cc1ccc(N=C2N=C(Nc3ccc(C#C[Si](C)(C)C)cn3)c3ccc(OCc4cc(OCc5ccccc5)cc(OCc5ccccc5)c4)cc32)nc1. The summed E-state index contributed by atoms with van der Waals surface area (Å²) in [7, 11) is -3.04. The lowest BCUT2D eigenvalue weighted by molar-refractivity contribution is 0.281. The zero-order valence-corrected chi connectivity index (χ0v) is 36.3. The number of amidine groups is 2. The molecule has 1 aliphatic heterocycles. The van der Waals surface area contributed by atoms with Crippen molar-refractivity contribution in [2.24, 2.45) is 9.98 Å². The van der Waals surface area contributed by atoms with Crippen LogP contribution in [0.5, 0.6) is 17.2 Å². The molecule has 0 fully saturated rings. The third kappa shape index (κ3) is 12.1. The van der Waals surface area contributed by atoms with Gasteiger partial charge in [0.25, 0.3) is 0 Å². The van der Waals surface area contributed by atoms with Gasteiger partial charge in [0.1, 0.15) is 64.9 Å². The van der Waals surface area contributed by atoms with Crippen molar-refractivity contribution >= 4 is 39.5 Å². The predicted octanol–water partition coefficient (Wildman–Crippen LogP) is 10.6. The van der Waals surface area contributed by atoms with Crippen LogP contribution in [0, 0.1) is 22.9 Å². The standard InChI is InChI=1S/C49H47N5O3Si2/c1-58(2,3)25-23-36-17-21-46(50-31-36)52-48-44-20-19-41(30-45(44)49(54-48)53-47-22-18-37(32-51-47)24-26-59(4,5)6)55-35-40-27-42(56-33-38-13-9-7-10-14-38)29-43(28-40)57-34-39-15-11-8-12-16-39/h7-22,27-32H,33-35H2,1-6H3,(H,50,51,52,53,54). The van der Waals surface area contributed by atoms with Gasteiger partial charge in [0.05, 0.1) is 0 Å². The number of benzene rings is 4. The van der Waals surface area contributed by atoms with Crippen LogP contribution in [-0.2, 0) is 19.8 Å². The molecule has 4 aromatic carbocycles. The van der Waals surface area contributed by atoms with E-state index in [-0.39, 0.29) is 6.61 Å². The molecule has 0 amide bonds. The molecule has 59 heavy (non-hydrogen) atoms. The van der Waals surface area contributed by atoms with E-state index in [4.69, 9.17) is 24.2 Å². The van der Waals surface area contributed by atoms with Gasteiger partial charge in [-0.1, -0.05) is 112 Å². The number of aromatic nitrogens is 2. The summed E-state index contributed by atoms with van der Waals surface area (Å²) >= 11 is 0. The van der Waals surface area contributed by atoms with Crippen LogP contribution < -0.4 is 19.5 Å². The first-order valence-corrected chi connectivity index (χ1v) is 26.6. The Balaban J connectivity index is 1.14. The zero-order chi connectivity index (χ0) is 41.2. The van der Waals surface area contributed by atoms with Gasteiger partial charge < -0.3 is 19.5 Å². The number of fused-ring (bicyclic) bond motifs is 1. The molecule has 0 spiro atoms. The summed E-state index contributed by atoms with van der Waals surface area (Å²) in [5.41, 5.74) is 13.3. The summed E-state index contributed by atoms with van der Waals surface area (Å²) in [6.45, 7) is 14.5. The summed E-state index contributed by atoms with van der Waals surface area (Å²) in [6, 6.07) is 39.7. The molecule has 1 aliphatic rings. The Hall–Kier alpha value is -6.73. The van der Waals surface area contributed by atoms with E-state index >= 15 is 0 Å². The van der Waals surface area contributed by atoms with Crippen molar-refractivity contribution in [3.63, 3.8) is 0 Å². The second kappa shape index (κ2) is 18.2. The maximum Gasteiger partial charge on any atom is 0.164 e. The normalized spacial score (nSPS) is 12.6. The van der Waals surface area contributed by atoms with E-state index in [0.29, 0.717) is 53.8 Å². The van der Waals surface area contributed by atoms with E-state index < -0.39 is 16.1 Å². The number of nitrogens with one attached hydrogen (secondary N) is 1. The summed E-state index contributed by atoms with van der Waals surface area (Å²) in [5.74, 6) is 10.9. The molecular formula is C49H47N5O3Si2. The van der Waals surface area contributed by atoms with E-state index in [9.17, 15) is 0 Å². The van der Waals surface area contributed by atoms with E-state index in [1.165, 1.54) is 0 Å². The zero-order valence-electron chi connectivity index (χ0n) is 34.3. The molecule has 0 saturated heterocycles. The van der Waals surface area contributed by atoms with Crippen molar-refractivity contribution in [2.75, 3.05) is 5.32 Å². The third-order valence-electron chi connectivity index (χ3n) is 8.69. The highest BCUT2D eigenvalue weighted by atomic mass is 28.3. The molecule has 2 aromatic heterocycles. The highest BCUT2D eigenvalue weighted by molar-refractivity contribution is 6.84. The van der Waals surface area contributed by atoms with Gasteiger partial charge in [-0.05, 0) is 71.3 Å². The lowest BCUT2D eigenvalue weighted by Crippen LogP contribution is -2.16. The number of anilines is 1. The van der Waals surface area contributed by atoms with Crippen LogP contribution in [-0.4, -0.2) is 37.8 Å². The molecule has 7 rings (SSSR count). The van der Waals surface area contributed by atoms with Crippen molar-refractivity contribution < 1.29 is 14.2 Å². The summed E-state index contributed by atoms with van der Waals surface area (Å²) in [4.78, 5) is 19.1. The van der Waals surface area contributed by atoms with Crippen LogP contribution in [0.25, 0.3) is 0 Å². The van der Waals surface area contributed by atoms with Crippen molar-refractivity contribution in [1.29, 1.82) is 0 Å². The minimum atomic E-state index is -1.53. The van der Waals surface area contributed by atoms with Crippen LogP contribution in [0.1, 0.15) is 38.9 Å². The number of rotatable bonds is 11. The average molecular weight is 810 g/mol. The number of hydrogen-bond donors (Lipinski definition) is 1. The van der Waals surface area contributed by atoms with E-state index in [1.54, 1.807) is 12.4 Å². The van der Waals surface area contributed by atoms with Crippen LogP contribution >= 0.6 is 0 Å². The topological polar surface area (TPSA) is 90.2 Å². The van der Waals surface area contributed by atoms with E-state index in [0.717, 1.165) is 38.9 Å². The minimum Gasteiger partial charge on any atom is -0.489 e. The largest absolute Gasteiger partial charge is 0.489 e. The first kappa shape index (κ1) is 40.5. The second-order valence-corrected chi connectivity index (χ2v) is 25.7. The number of hydrogen-bond acceptors (Lipinski definition) is 7. The van der Waals surface area contributed by atoms with E-state index in [2.05, 4.69) is 77.5 Å². The fourth-order valence-electron chi connectivity index (χ4n) is 5.76.